The van der Waals surface area contributed by atoms with E-state index in [2.05, 4.69) is 57.8 Å². The summed E-state index contributed by atoms with van der Waals surface area (Å²) >= 11 is 0. The maximum atomic E-state index is 5.58. The van der Waals surface area contributed by atoms with Crippen LogP contribution in [0.2, 0.25) is 0 Å². The second-order valence-corrected chi connectivity index (χ2v) is 7.01. The Hall–Kier alpha value is -2.73. The number of anilines is 1. The average Bonchev–Trinajstić information content (AvgIpc) is 3.02. The zero-order chi connectivity index (χ0) is 18.0. The van der Waals surface area contributed by atoms with Gasteiger partial charge in [0.05, 0.1) is 25.5 Å². The van der Waals surface area contributed by atoms with Crippen LogP contribution in [0.15, 0.2) is 48.9 Å². The van der Waals surface area contributed by atoms with Crippen LogP contribution in [0, 0.1) is 6.92 Å². The first-order valence-electron chi connectivity index (χ1n) is 8.82. The number of aryl methyl sites for hydroxylation is 2. The zero-order valence-electron chi connectivity index (χ0n) is 15.1. The van der Waals surface area contributed by atoms with Gasteiger partial charge in [-0.15, -0.1) is 10.2 Å². The van der Waals surface area contributed by atoms with Gasteiger partial charge in [-0.1, -0.05) is 18.2 Å². The van der Waals surface area contributed by atoms with E-state index >= 15 is 0 Å². The summed E-state index contributed by atoms with van der Waals surface area (Å²) in [4.78, 5) is 4.45. The van der Waals surface area contributed by atoms with Crippen LogP contribution in [-0.4, -0.2) is 33.0 Å². The normalized spacial score (nSPS) is 15.5. The molecule has 1 aliphatic rings. The van der Waals surface area contributed by atoms with Crippen molar-refractivity contribution in [3.8, 4) is 0 Å². The number of rotatable bonds is 6. The van der Waals surface area contributed by atoms with Crippen LogP contribution >= 0.6 is 0 Å². The van der Waals surface area contributed by atoms with E-state index in [9.17, 15) is 0 Å². The summed E-state index contributed by atoms with van der Waals surface area (Å²) in [6, 6.07) is 12.6. The van der Waals surface area contributed by atoms with Gasteiger partial charge in [-0.25, -0.2) is 0 Å². The molecule has 0 amide bonds. The summed E-state index contributed by atoms with van der Waals surface area (Å²) < 4.78 is 7.56. The average molecular weight is 349 g/mol. The smallest absolute Gasteiger partial charge is 0.133 e. The highest BCUT2D eigenvalue weighted by atomic mass is 16.5. The molecule has 134 valence electrons. The van der Waals surface area contributed by atoms with E-state index in [4.69, 9.17) is 4.74 Å². The molecule has 0 aliphatic carbocycles. The maximum absolute atomic E-state index is 5.58. The van der Waals surface area contributed by atoms with Gasteiger partial charge in [-0.05, 0) is 36.2 Å². The summed E-state index contributed by atoms with van der Waals surface area (Å²) in [6.07, 6.45) is 4.41. The molecule has 1 aliphatic heterocycles. The number of pyridine rings is 1. The number of hydrogen-bond acceptors (Lipinski definition) is 5. The molecule has 0 atom stereocenters. The Balaban J connectivity index is 1.53. The molecule has 0 saturated carbocycles. The highest BCUT2D eigenvalue weighted by Gasteiger charge is 2.41. The van der Waals surface area contributed by atoms with Crippen molar-refractivity contribution in [3.63, 3.8) is 0 Å². The topological polar surface area (TPSA) is 64.9 Å². The predicted molar refractivity (Wildman–Crippen MR) is 99.9 cm³/mol. The summed E-state index contributed by atoms with van der Waals surface area (Å²) in [6.45, 7) is 4.22. The Morgan fingerprint density at radius 1 is 1.23 bits per heavy atom. The minimum Gasteiger partial charge on any atom is -0.379 e. The van der Waals surface area contributed by atoms with Gasteiger partial charge in [-0.3, -0.25) is 4.98 Å². The molecule has 0 radical (unpaired) electrons. The van der Waals surface area contributed by atoms with Gasteiger partial charge >= 0.3 is 0 Å². The van der Waals surface area contributed by atoms with Gasteiger partial charge < -0.3 is 14.6 Å². The van der Waals surface area contributed by atoms with Crippen LogP contribution < -0.4 is 5.32 Å². The molecular weight excluding hydrogens is 326 g/mol. The molecule has 4 rings (SSSR count). The molecule has 3 aromatic rings. The molecule has 26 heavy (non-hydrogen) atoms. The molecule has 1 saturated heterocycles. The first kappa shape index (κ1) is 16.7. The van der Waals surface area contributed by atoms with Crippen LogP contribution in [-0.2, 0) is 30.2 Å². The quantitative estimate of drug-likeness (QED) is 0.741. The fraction of sp³-hybridized carbons (Fsp3) is 0.350. The Kier molecular flexibility index (Phi) is 4.42. The molecule has 1 N–H and O–H groups in total. The summed E-state index contributed by atoms with van der Waals surface area (Å²) in [5.41, 5.74) is 4.60. The summed E-state index contributed by atoms with van der Waals surface area (Å²) in [7, 11) is 1.98. The number of nitrogens with zero attached hydrogens (tertiary/aromatic N) is 4. The van der Waals surface area contributed by atoms with E-state index in [1.165, 1.54) is 11.1 Å². The van der Waals surface area contributed by atoms with Crippen molar-refractivity contribution >= 4 is 5.69 Å². The molecule has 0 unspecified atom stereocenters. The SMILES string of the molecule is Cc1cccnc1CNc1cccc(C2(Cc3nncn3C)COC2)c1. The minimum atomic E-state index is -0.0284. The molecule has 0 bridgehead atoms. The molecule has 1 aromatic carbocycles. The van der Waals surface area contributed by atoms with Crippen LogP contribution in [0.5, 0.6) is 0 Å². The summed E-state index contributed by atoms with van der Waals surface area (Å²) in [5.74, 6) is 0.982. The third-order valence-corrected chi connectivity index (χ3v) is 5.11. The number of hydrogen-bond donors (Lipinski definition) is 1. The lowest BCUT2D eigenvalue weighted by Crippen LogP contribution is -2.49. The Bertz CT molecular complexity index is 900. The van der Waals surface area contributed by atoms with Crippen LogP contribution in [0.3, 0.4) is 0 Å². The first-order valence-corrected chi connectivity index (χ1v) is 8.82. The van der Waals surface area contributed by atoms with E-state index < -0.39 is 0 Å². The van der Waals surface area contributed by atoms with Gasteiger partial charge in [-0.2, -0.15) is 0 Å². The van der Waals surface area contributed by atoms with Gasteiger partial charge in [0.25, 0.3) is 0 Å². The molecule has 0 spiro atoms. The van der Waals surface area contributed by atoms with E-state index in [0.717, 1.165) is 23.6 Å². The highest BCUT2D eigenvalue weighted by molar-refractivity contribution is 5.49. The lowest BCUT2D eigenvalue weighted by Gasteiger charge is -2.41. The lowest BCUT2D eigenvalue weighted by molar-refractivity contribution is -0.0610. The standard InChI is InChI=1S/C20H23N5O/c1-15-5-4-8-21-18(15)11-22-17-7-3-6-16(9-17)20(12-26-13-20)10-19-24-23-14-25(19)2/h3-9,14,22H,10-13H2,1-2H3. The Morgan fingerprint density at radius 3 is 2.81 bits per heavy atom. The van der Waals surface area contributed by atoms with E-state index in [1.807, 2.05) is 23.9 Å². The largest absolute Gasteiger partial charge is 0.379 e. The molecule has 6 nitrogen and oxygen atoms in total. The molecule has 3 heterocycles. The number of nitrogens with one attached hydrogen (secondary N) is 1. The first-order chi connectivity index (χ1) is 12.7. The third-order valence-electron chi connectivity index (χ3n) is 5.11. The monoisotopic (exact) mass is 349 g/mol. The van der Waals surface area contributed by atoms with Crippen LogP contribution in [0.25, 0.3) is 0 Å². The van der Waals surface area contributed by atoms with Crippen LogP contribution in [0.4, 0.5) is 5.69 Å². The fourth-order valence-electron chi connectivity index (χ4n) is 3.34. The van der Waals surface area contributed by atoms with Crippen LogP contribution in [0.1, 0.15) is 22.6 Å². The second kappa shape index (κ2) is 6.88. The number of aromatic nitrogens is 4. The van der Waals surface area contributed by atoms with Gasteiger partial charge in [0.15, 0.2) is 0 Å². The number of benzene rings is 1. The van der Waals surface area contributed by atoms with Crippen molar-refractivity contribution in [2.45, 2.75) is 25.3 Å². The van der Waals surface area contributed by atoms with Crippen molar-refractivity contribution in [1.29, 1.82) is 0 Å². The van der Waals surface area contributed by atoms with Gasteiger partial charge in [0.2, 0.25) is 0 Å². The van der Waals surface area contributed by atoms with E-state index in [-0.39, 0.29) is 5.41 Å². The van der Waals surface area contributed by atoms with Gasteiger partial charge in [0.1, 0.15) is 12.2 Å². The lowest BCUT2D eigenvalue weighted by atomic mass is 9.75. The maximum Gasteiger partial charge on any atom is 0.133 e. The number of ether oxygens (including phenoxy) is 1. The molecular formula is C20H23N5O. The zero-order valence-corrected chi connectivity index (χ0v) is 15.1. The van der Waals surface area contributed by atoms with E-state index in [0.29, 0.717) is 19.8 Å². The van der Waals surface area contributed by atoms with Crippen molar-refractivity contribution in [1.82, 2.24) is 19.7 Å². The predicted octanol–water partition coefficient (Wildman–Crippen LogP) is 2.64. The molecule has 6 heteroatoms. The molecule has 2 aromatic heterocycles. The van der Waals surface area contributed by atoms with Gasteiger partial charge in [0, 0.05) is 30.8 Å². The fourth-order valence-corrected chi connectivity index (χ4v) is 3.34. The van der Waals surface area contributed by atoms with Crippen molar-refractivity contribution in [2.24, 2.45) is 7.05 Å². The third kappa shape index (κ3) is 3.20. The highest BCUT2D eigenvalue weighted by Crippen LogP contribution is 2.36. The Labute approximate surface area is 153 Å². The second-order valence-electron chi connectivity index (χ2n) is 7.01. The minimum absolute atomic E-state index is 0.0284. The Morgan fingerprint density at radius 2 is 2.12 bits per heavy atom. The van der Waals surface area contributed by atoms with Crippen molar-refractivity contribution in [3.05, 3.63) is 71.6 Å². The van der Waals surface area contributed by atoms with Crippen molar-refractivity contribution < 1.29 is 4.74 Å². The van der Waals surface area contributed by atoms with Crippen molar-refractivity contribution in [2.75, 3.05) is 18.5 Å². The summed E-state index contributed by atoms with van der Waals surface area (Å²) in [5, 5.41) is 11.7. The molecule has 1 fully saturated rings. The van der Waals surface area contributed by atoms with E-state index in [1.54, 1.807) is 6.33 Å².